The van der Waals surface area contributed by atoms with E-state index in [9.17, 15) is 13.2 Å². The fourth-order valence-corrected chi connectivity index (χ4v) is 3.87. The minimum Gasteiger partial charge on any atom is -0.334 e. The zero-order valence-electron chi connectivity index (χ0n) is 13.2. The molecule has 0 aliphatic rings. The van der Waals surface area contributed by atoms with Gasteiger partial charge in [-0.25, -0.2) is 4.98 Å². The second-order valence-electron chi connectivity index (χ2n) is 5.01. The Morgan fingerprint density at radius 1 is 1.29 bits per heavy atom. The van der Waals surface area contributed by atoms with E-state index in [0.29, 0.717) is 18.1 Å². The fraction of sp³-hybridized carbons (Fsp3) is 0.286. The Morgan fingerprint density at radius 3 is 2.33 bits per heavy atom. The molecule has 2 aromatic rings. The number of nitrogens with one attached hydrogen (secondary N) is 2. The summed E-state index contributed by atoms with van der Waals surface area (Å²) in [4.78, 5) is 15.1. The van der Waals surface area contributed by atoms with Crippen LogP contribution in [0.5, 0.6) is 0 Å². The summed E-state index contributed by atoms with van der Waals surface area (Å²) in [5.74, 6) is 0.284. The van der Waals surface area contributed by atoms with E-state index in [1.54, 1.807) is 11.5 Å². The van der Waals surface area contributed by atoms with E-state index >= 15 is 0 Å². The molecule has 0 aliphatic carbocycles. The van der Waals surface area contributed by atoms with Gasteiger partial charge in [0.25, 0.3) is 10.0 Å². The third-order valence-electron chi connectivity index (χ3n) is 3.17. The topological polar surface area (TPSA) is 93.1 Å². The lowest BCUT2D eigenvalue weighted by Crippen LogP contribution is -2.14. The van der Waals surface area contributed by atoms with Gasteiger partial charge in [0.2, 0.25) is 5.91 Å². The van der Waals surface area contributed by atoms with Gasteiger partial charge in [0.1, 0.15) is 5.82 Å². The highest BCUT2D eigenvalue weighted by molar-refractivity contribution is 7.92. The first-order valence-electron chi connectivity index (χ1n) is 6.97. The summed E-state index contributed by atoms with van der Waals surface area (Å²) in [7, 11) is -3.94. The van der Waals surface area contributed by atoms with E-state index in [4.69, 9.17) is 23.2 Å². The van der Waals surface area contributed by atoms with E-state index in [1.807, 2.05) is 6.92 Å². The number of carbonyl (C=O) groups is 1. The lowest BCUT2D eigenvalue weighted by Gasteiger charge is -2.12. The van der Waals surface area contributed by atoms with Crippen molar-refractivity contribution in [2.75, 3.05) is 10.0 Å². The second kappa shape index (κ2) is 7.00. The summed E-state index contributed by atoms with van der Waals surface area (Å²) in [6.07, 6.45) is 1.44. The Bertz CT molecular complexity index is 870. The minimum absolute atomic E-state index is 0.0242. The van der Waals surface area contributed by atoms with Gasteiger partial charge >= 0.3 is 0 Å². The van der Waals surface area contributed by atoms with Crippen molar-refractivity contribution in [3.8, 4) is 0 Å². The van der Waals surface area contributed by atoms with Crippen LogP contribution in [0.15, 0.2) is 23.4 Å². The van der Waals surface area contributed by atoms with Crippen LogP contribution in [0.2, 0.25) is 10.0 Å². The van der Waals surface area contributed by atoms with Crippen LogP contribution in [-0.2, 0) is 21.4 Å². The normalized spacial score (nSPS) is 11.4. The third kappa shape index (κ3) is 4.00. The minimum atomic E-state index is -3.94. The Morgan fingerprint density at radius 2 is 1.88 bits per heavy atom. The molecule has 0 saturated carbocycles. The molecule has 2 N–H and O–H groups in total. The Kier molecular flexibility index (Phi) is 5.42. The first-order chi connectivity index (χ1) is 11.1. The molecule has 24 heavy (non-hydrogen) atoms. The molecule has 1 heterocycles. The number of carbonyl (C=O) groups excluding carboxylic acids is 1. The van der Waals surface area contributed by atoms with Crippen molar-refractivity contribution >= 4 is 50.5 Å². The van der Waals surface area contributed by atoms with Crippen LogP contribution in [0.3, 0.4) is 0 Å². The van der Waals surface area contributed by atoms with E-state index in [0.717, 1.165) is 0 Å². The van der Waals surface area contributed by atoms with Crippen LogP contribution >= 0.6 is 23.2 Å². The summed E-state index contributed by atoms with van der Waals surface area (Å²) in [6.45, 7) is 5.53. The number of sulfonamides is 1. The quantitative estimate of drug-likeness (QED) is 0.818. The molecule has 0 fully saturated rings. The number of halogens is 2. The average molecular weight is 391 g/mol. The number of aryl methyl sites for hydroxylation is 2. The van der Waals surface area contributed by atoms with Crippen molar-refractivity contribution in [2.45, 2.75) is 32.3 Å². The number of amides is 1. The largest absolute Gasteiger partial charge is 0.334 e. The molecule has 1 aromatic heterocycles. The van der Waals surface area contributed by atoms with Crippen LogP contribution in [0.4, 0.5) is 11.4 Å². The molecule has 10 heteroatoms. The maximum absolute atomic E-state index is 12.5. The van der Waals surface area contributed by atoms with Gasteiger partial charge in [-0.3, -0.25) is 9.52 Å². The van der Waals surface area contributed by atoms with Gasteiger partial charge in [-0.05, 0) is 26.0 Å². The number of aromatic nitrogens is 2. The van der Waals surface area contributed by atoms with E-state index in [2.05, 4.69) is 15.0 Å². The lowest BCUT2D eigenvalue weighted by atomic mass is 10.3. The highest BCUT2D eigenvalue weighted by Crippen LogP contribution is 2.35. The highest BCUT2D eigenvalue weighted by atomic mass is 35.5. The van der Waals surface area contributed by atoms with Gasteiger partial charge in [-0.15, -0.1) is 0 Å². The summed E-state index contributed by atoms with van der Waals surface area (Å²) < 4.78 is 29.0. The predicted octanol–water partition coefficient (Wildman–Crippen LogP) is 3.28. The maximum Gasteiger partial charge on any atom is 0.281 e. The van der Waals surface area contributed by atoms with Crippen molar-refractivity contribution in [1.29, 1.82) is 0 Å². The third-order valence-corrected chi connectivity index (χ3v) is 4.99. The number of hydrogen-bond donors (Lipinski definition) is 2. The molecule has 0 saturated heterocycles. The van der Waals surface area contributed by atoms with Gasteiger partial charge in [-0.1, -0.05) is 23.2 Å². The number of hydrogen-bond acceptors (Lipinski definition) is 4. The molecule has 0 aliphatic heterocycles. The fourth-order valence-electron chi connectivity index (χ4n) is 2.06. The first kappa shape index (κ1) is 18.6. The summed E-state index contributed by atoms with van der Waals surface area (Å²) in [6, 6.07) is 2.81. The smallest absolute Gasteiger partial charge is 0.281 e. The molecule has 0 spiro atoms. The molecule has 1 aromatic carbocycles. The Hall–Kier alpha value is -1.77. The van der Waals surface area contributed by atoms with Crippen molar-refractivity contribution in [2.24, 2.45) is 0 Å². The molecule has 0 unspecified atom stereocenters. The number of benzene rings is 1. The Labute approximate surface area is 150 Å². The van der Waals surface area contributed by atoms with Crippen LogP contribution in [-0.4, -0.2) is 23.9 Å². The molecule has 130 valence electrons. The average Bonchev–Trinajstić information content (AvgIpc) is 2.84. The van der Waals surface area contributed by atoms with E-state index < -0.39 is 10.0 Å². The maximum atomic E-state index is 12.5. The van der Waals surface area contributed by atoms with Gasteiger partial charge in [0.15, 0.2) is 5.03 Å². The van der Waals surface area contributed by atoms with Crippen LogP contribution in [0.1, 0.15) is 19.7 Å². The molecule has 7 nitrogen and oxygen atoms in total. The molecule has 0 bridgehead atoms. The monoisotopic (exact) mass is 390 g/mol. The highest BCUT2D eigenvalue weighted by Gasteiger charge is 2.22. The van der Waals surface area contributed by atoms with Gasteiger partial charge < -0.3 is 9.88 Å². The Balaban J connectivity index is 2.37. The molecular weight excluding hydrogens is 375 g/mol. The van der Waals surface area contributed by atoms with Crippen LogP contribution in [0.25, 0.3) is 0 Å². The molecule has 2 rings (SSSR count). The predicted molar refractivity (Wildman–Crippen MR) is 94.2 cm³/mol. The number of imidazole rings is 1. The molecule has 0 atom stereocenters. The SMILES string of the molecule is CCn1cc(S(=O)(=O)Nc2c(Cl)cc(NC(C)=O)cc2Cl)nc1C. The molecular formula is C14H16Cl2N4O3S. The zero-order valence-corrected chi connectivity index (χ0v) is 15.6. The second-order valence-corrected chi connectivity index (χ2v) is 7.46. The van der Waals surface area contributed by atoms with Gasteiger partial charge in [0, 0.05) is 25.4 Å². The van der Waals surface area contributed by atoms with Gasteiger partial charge in [-0.2, -0.15) is 8.42 Å². The van der Waals surface area contributed by atoms with Crippen molar-refractivity contribution < 1.29 is 13.2 Å². The first-order valence-corrected chi connectivity index (χ1v) is 9.21. The molecule has 0 radical (unpaired) electrons. The summed E-state index contributed by atoms with van der Waals surface area (Å²) in [5, 5.41) is 2.51. The standard InChI is InChI=1S/C14H16Cl2N4O3S/c1-4-20-7-13(17-8(20)2)24(22,23)19-14-11(15)5-10(6-12(14)16)18-9(3)21/h5-7,19H,4H2,1-3H3,(H,18,21). The van der Waals surface area contributed by atoms with Crippen molar-refractivity contribution in [3.05, 3.63) is 34.2 Å². The lowest BCUT2D eigenvalue weighted by molar-refractivity contribution is -0.114. The van der Waals surface area contributed by atoms with E-state index in [-0.39, 0.29) is 26.7 Å². The summed E-state index contributed by atoms with van der Waals surface area (Å²) >= 11 is 12.2. The molecule has 1 amide bonds. The van der Waals surface area contributed by atoms with Crippen LogP contribution < -0.4 is 10.0 Å². The van der Waals surface area contributed by atoms with Crippen LogP contribution in [0, 0.1) is 6.92 Å². The number of nitrogens with zero attached hydrogens (tertiary/aromatic N) is 2. The van der Waals surface area contributed by atoms with Gasteiger partial charge in [0.05, 0.1) is 15.7 Å². The summed E-state index contributed by atoms with van der Waals surface area (Å²) in [5.41, 5.74) is 0.391. The zero-order chi connectivity index (χ0) is 18.1. The number of rotatable bonds is 5. The van der Waals surface area contributed by atoms with Crippen molar-refractivity contribution in [3.63, 3.8) is 0 Å². The van der Waals surface area contributed by atoms with Crippen molar-refractivity contribution in [1.82, 2.24) is 9.55 Å². The number of anilines is 2. The van der Waals surface area contributed by atoms with E-state index in [1.165, 1.54) is 25.3 Å².